The van der Waals surface area contributed by atoms with Crippen LogP contribution in [0, 0.1) is 0 Å². The molecule has 0 bridgehead atoms. The van der Waals surface area contributed by atoms with Gasteiger partial charge in [-0.25, -0.2) is 4.98 Å². The number of benzene rings is 8. The lowest BCUT2D eigenvalue weighted by Crippen LogP contribution is -2.02. The van der Waals surface area contributed by atoms with Crippen molar-refractivity contribution in [2.45, 2.75) is 0 Å². The number of hydrogen-bond donors (Lipinski definition) is 0. The predicted molar refractivity (Wildman–Crippen MR) is 198 cm³/mol. The summed E-state index contributed by atoms with van der Waals surface area (Å²) in [4.78, 5) is 4.89. The molecule has 0 saturated carbocycles. The SMILES string of the molecule is [2H]c1c([2H])c([2H])c(-c2cccc(-c3c4ccccc4c(-n4c(-c5c([2H])c([2H])c([2H])c([2H])c5[2H])nc5ccccc54)c4ccc(-c5c([2H])c([2H])c([2H])c([2H])c5[2H])cc34)c2)c([2H])c1[2H]. The van der Waals surface area contributed by atoms with Crippen molar-refractivity contribution >= 4 is 32.6 Å². The summed E-state index contributed by atoms with van der Waals surface area (Å²) in [5.74, 6) is 0.0697. The summed E-state index contributed by atoms with van der Waals surface area (Å²) in [6, 6.07) is 19.3. The minimum absolute atomic E-state index is 0.00366. The molecule has 2 nitrogen and oxygen atoms in total. The van der Waals surface area contributed by atoms with Crippen molar-refractivity contribution in [2.75, 3.05) is 0 Å². The molecule has 0 radical (unpaired) electrons. The van der Waals surface area contributed by atoms with Gasteiger partial charge in [0.25, 0.3) is 0 Å². The van der Waals surface area contributed by atoms with Gasteiger partial charge >= 0.3 is 0 Å². The highest BCUT2D eigenvalue weighted by molar-refractivity contribution is 6.19. The van der Waals surface area contributed by atoms with Gasteiger partial charge < -0.3 is 0 Å². The van der Waals surface area contributed by atoms with Crippen LogP contribution in [0.5, 0.6) is 0 Å². The molecule has 8 aromatic carbocycles. The molecule has 0 N–H and O–H groups in total. The van der Waals surface area contributed by atoms with Crippen LogP contribution in [-0.2, 0) is 0 Å². The Morgan fingerprint density at radius 3 is 1.72 bits per heavy atom. The summed E-state index contributed by atoms with van der Waals surface area (Å²) in [5.41, 5.74) is 3.13. The van der Waals surface area contributed by atoms with Gasteiger partial charge in [0, 0.05) is 16.3 Å². The van der Waals surface area contributed by atoms with Crippen LogP contribution in [0.25, 0.3) is 83.0 Å². The van der Waals surface area contributed by atoms with Gasteiger partial charge in [-0.1, -0.05) is 157 Å². The topological polar surface area (TPSA) is 17.8 Å². The van der Waals surface area contributed by atoms with Crippen molar-refractivity contribution in [3.05, 3.63) is 182 Å². The van der Waals surface area contributed by atoms with E-state index in [0.29, 0.717) is 60.5 Å². The fourth-order valence-corrected chi connectivity index (χ4v) is 6.26. The summed E-state index contributed by atoms with van der Waals surface area (Å²) >= 11 is 0. The predicted octanol–water partition coefficient (Wildman–Crippen LogP) is 12.0. The second-order valence-corrected chi connectivity index (χ2v) is 10.9. The first-order valence-corrected chi connectivity index (χ1v) is 14.8. The van der Waals surface area contributed by atoms with Crippen molar-refractivity contribution in [1.82, 2.24) is 9.55 Å². The lowest BCUT2D eigenvalue weighted by atomic mass is 9.87. The Balaban J connectivity index is 1.47. The third kappa shape index (κ3) is 4.62. The number of hydrogen-bond acceptors (Lipinski definition) is 1. The molecule has 9 aromatic rings. The number of nitrogens with zero attached hydrogens (tertiary/aromatic N) is 2. The summed E-state index contributed by atoms with van der Waals surface area (Å²) < 4.78 is 130. The molecule has 0 aliphatic carbocycles. The van der Waals surface area contributed by atoms with Crippen LogP contribution in [0.2, 0.25) is 0 Å². The monoisotopic (exact) mass is 613 g/mol. The van der Waals surface area contributed by atoms with E-state index in [-0.39, 0.29) is 34.6 Å². The minimum atomic E-state index is -0.558. The van der Waals surface area contributed by atoms with Crippen LogP contribution in [0.15, 0.2) is 182 Å². The van der Waals surface area contributed by atoms with Gasteiger partial charge in [0.05, 0.1) is 37.3 Å². The first-order valence-electron chi connectivity index (χ1n) is 22.3. The molecule has 0 fully saturated rings. The van der Waals surface area contributed by atoms with Crippen molar-refractivity contribution in [3.63, 3.8) is 0 Å². The van der Waals surface area contributed by atoms with Gasteiger partial charge in [0.2, 0.25) is 0 Å². The van der Waals surface area contributed by atoms with E-state index in [9.17, 15) is 0 Å². The third-order valence-electron chi connectivity index (χ3n) is 8.23. The molecule has 0 atom stereocenters. The zero-order valence-corrected chi connectivity index (χ0v) is 24.6. The highest BCUT2D eigenvalue weighted by Crippen LogP contribution is 2.45. The zero-order chi connectivity index (χ0) is 44.2. The van der Waals surface area contributed by atoms with Gasteiger partial charge in [-0.15, -0.1) is 0 Å². The Labute approximate surface area is 294 Å². The highest BCUT2D eigenvalue weighted by Gasteiger charge is 2.22. The van der Waals surface area contributed by atoms with Gasteiger partial charge in [0.1, 0.15) is 5.82 Å². The van der Waals surface area contributed by atoms with Crippen LogP contribution < -0.4 is 0 Å². The second-order valence-electron chi connectivity index (χ2n) is 10.9. The number of imidazole rings is 1. The highest BCUT2D eigenvalue weighted by atomic mass is 15.1. The largest absolute Gasteiger partial charge is 0.291 e. The van der Waals surface area contributed by atoms with Crippen LogP contribution in [0.1, 0.15) is 20.6 Å². The third-order valence-corrected chi connectivity index (χ3v) is 8.23. The van der Waals surface area contributed by atoms with E-state index in [1.54, 1.807) is 65.2 Å². The average molecular weight is 614 g/mol. The number of aromatic nitrogens is 2. The van der Waals surface area contributed by atoms with E-state index in [2.05, 4.69) is 0 Å². The summed E-state index contributed by atoms with van der Waals surface area (Å²) in [6.45, 7) is 0. The first-order chi connectivity index (χ1) is 29.5. The molecule has 2 heteroatoms. The van der Waals surface area contributed by atoms with E-state index in [4.69, 9.17) is 25.5 Å². The van der Waals surface area contributed by atoms with Gasteiger partial charge in [-0.05, 0) is 68.4 Å². The minimum Gasteiger partial charge on any atom is -0.291 e. The molecule has 9 rings (SSSR count). The van der Waals surface area contributed by atoms with E-state index in [1.807, 2.05) is 30.3 Å². The molecule has 0 aliphatic heterocycles. The molecule has 220 valence electrons. The van der Waals surface area contributed by atoms with Crippen LogP contribution >= 0.6 is 0 Å². The molecule has 1 aromatic heterocycles. The summed E-state index contributed by atoms with van der Waals surface area (Å²) in [5, 5.41) is 2.32. The Hall–Kier alpha value is -6.25. The Kier molecular flexibility index (Phi) is 3.80. The standard InChI is InChI=1S/C45H30N2/c1-4-15-31(16-5-1)34-21-14-22-36(29-34)43-37-23-10-11-24-38(37)44(39-28-27-35(30-40(39)43)32-17-6-2-7-18-32)47-42-26-13-12-25-41(42)46-45(47)33-19-8-3-9-20-33/h1-30H/i1D,2D,3D,4D,5D,6D,7D,8D,9D,15D,16D,17D,18D,19D,20D. The molecule has 0 saturated heterocycles. The van der Waals surface area contributed by atoms with E-state index < -0.39 is 78.6 Å². The van der Waals surface area contributed by atoms with E-state index in [1.165, 1.54) is 0 Å². The molecule has 0 aliphatic rings. The number of para-hydroxylation sites is 2. The maximum Gasteiger partial charge on any atom is 0.145 e. The van der Waals surface area contributed by atoms with Crippen molar-refractivity contribution in [2.24, 2.45) is 0 Å². The Bertz CT molecular complexity index is 3350. The number of fused-ring (bicyclic) bond motifs is 3. The fraction of sp³-hybridized carbons (Fsp3) is 0. The first kappa shape index (κ1) is 15.8. The maximum absolute atomic E-state index is 8.98. The molecular weight excluding hydrogens is 569 g/mol. The molecular formula is C45H30N2. The van der Waals surface area contributed by atoms with Crippen LogP contribution in [0.4, 0.5) is 0 Å². The number of rotatable bonds is 5. The zero-order valence-electron chi connectivity index (χ0n) is 39.6. The van der Waals surface area contributed by atoms with Crippen molar-refractivity contribution < 1.29 is 20.6 Å². The lowest BCUT2D eigenvalue weighted by Gasteiger charge is -2.21. The lowest BCUT2D eigenvalue weighted by molar-refractivity contribution is 1.13. The Morgan fingerprint density at radius 1 is 0.426 bits per heavy atom. The summed E-state index contributed by atoms with van der Waals surface area (Å²) in [6.07, 6.45) is 0. The van der Waals surface area contributed by atoms with E-state index in [0.717, 1.165) is 0 Å². The van der Waals surface area contributed by atoms with Crippen molar-refractivity contribution in [3.8, 4) is 50.5 Å². The molecule has 0 spiro atoms. The summed E-state index contributed by atoms with van der Waals surface area (Å²) in [7, 11) is 0. The molecule has 1 heterocycles. The average Bonchev–Trinajstić information content (AvgIpc) is 3.65. The van der Waals surface area contributed by atoms with Gasteiger partial charge in [-0.3, -0.25) is 4.57 Å². The van der Waals surface area contributed by atoms with Crippen LogP contribution in [-0.4, -0.2) is 9.55 Å². The van der Waals surface area contributed by atoms with Crippen molar-refractivity contribution in [1.29, 1.82) is 0 Å². The second kappa shape index (κ2) is 11.3. The van der Waals surface area contributed by atoms with Gasteiger partial charge in [-0.2, -0.15) is 0 Å². The molecule has 0 amide bonds. The van der Waals surface area contributed by atoms with Gasteiger partial charge in [0.15, 0.2) is 0 Å². The molecule has 47 heavy (non-hydrogen) atoms. The smallest absolute Gasteiger partial charge is 0.145 e. The fourth-order valence-electron chi connectivity index (χ4n) is 6.26. The quantitative estimate of drug-likeness (QED) is 0.177. The maximum atomic E-state index is 8.98. The van der Waals surface area contributed by atoms with Crippen LogP contribution in [0.3, 0.4) is 0 Å². The molecule has 0 unspecified atom stereocenters. The Morgan fingerprint density at radius 2 is 1.00 bits per heavy atom. The normalized spacial score (nSPS) is 15.9. The van der Waals surface area contributed by atoms with E-state index >= 15 is 0 Å².